The van der Waals surface area contributed by atoms with Crippen molar-refractivity contribution < 1.29 is 14.9 Å². The number of rotatable bonds is 6. The lowest BCUT2D eigenvalue weighted by Gasteiger charge is -2.32. The van der Waals surface area contributed by atoms with Gasteiger partial charge in [-0.15, -0.1) is 0 Å². The summed E-state index contributed by atoms with van der Waals surface area (Å²) >= 11 is 0. The molecule has 3 atom stereocenters. The number of aryl methyl sites for hydroxylation is 1. The van der Waals surface area contributed by atoms with Crippen LogP contribution in [-0.2, 0) is 17.7 Å². The first kappa shape index (κ1) is 21.1. The largest absolute Gasteiger partial charge is 0.394 e. The fourth-order valence-corrected chi connectivity index (χ4v) is 4.58. The van der Waals surface area contributed by atoms with Crippen molar-refractivity contribution in [2.45, 2.75) is 64.9 Å². The number of nitrogens with zero attached hydrogens (tertiary/aromatic N) is 1. The molecule has 0 aliphatic carbocycles. The van der Waals surface area contributed by atoms with Gasteiger partial charge in [0.2, 0.25) is 0 Å². The van der Waals surface area contributed by atoms with Gasteiger partial charge in [0.15, 0.2) is 0 Å². The zero-order chi connectivity index (χ0) is 21.3. The lowest BCUT2D eigenvalue weighted by molar-refractivity contribution is -0.113. The van der Waals surface area contributed by atoms with Crippen LogP contribution in [0.5, 0.6) is 0 Å². The van der Waals surface area contributed by atoms with E-state index in [-0.39, 0.29) is 18.8 Å². The van der Waals surface area contributed by atoms with Gasteiger partial charge in [-0.25, -0.2) is 0 Å². The molecule has 1 aliphatic heterocycles. The third-order valence-electron chi connectivity index (χ3n) is 6.02. The molecule has 2 aromatic carbocycles. The SMILES string of the molecule is Cc1ccc2c(c1)c([C@H]1C[C@@H](O)C[C@@H](CO)O1)cn2Cc1ccc(CC(C)C)cc1. The lowest BCUT2D eigenvalue weighted by Crippen LogP contribution is -2.33. The number of ether oxygens (including phenoxy) is 1. The second kappa shape index (κ2) is 8.93. The predicted octanol–water partition coefficient (Wildman–Crippen LogP) is 4.77. The second-order valence-electron chi connectivity index (χ2n) is 9.20. The van der Waals surface area contributed by atoms with Crippen molar-refractivity contribution in [1.82, 2.24) is 4.57 Å². The Balaban J connectivity index is 1.66. The summed E-state index contributed by atoms with van der Waals surface area (Å²) in [7, 11) is 0. The van der Waals surface area contributed by atoms with Gasteiger partial charge in [-0.3, -0.25) is 0 Å². The number of fused-ring (bicyclic) bond motifs is 1. The molecule has 2 heterocycles. The highest BCUT2D eigenvalue weighted by molar-refractivity contribution is 5.85. The van der Waals surface area contributed by atoms with Gasteiger partial charge in [0.1, 0.15) is 0 Å². The third-order valence-corrected chi connectivity index (χ3v) is 6.02. The summed E-state index contributed by atoms with van der Waals surface area (Å²) in [5, 5.41) is 21.0. The molecule has 2 N–H and O–H groups in total. The van der Waals surface area contributed by atoms with Gasteiger partial charge in [-0.05, 0) is 42.5 Å². The van der Waals surface area contributed by atoms with Gasteiger partial charge < -0.3 is 19.5 Å². The molecule has 160 valence electrons. The van der Waals surface area contributed by atoms with Crippen LogP contribution in [0.15, 0.2) is 48.7 Å². The number of benzene rings is 2. The molecule has 1 fully saturated rings. The molecule has 4 rings (SSSR count). The molecular formula is C26H33NO3. The molecule has 4 heteroatoms. The van der Waals surface area contributed by atoms with E-state index in [1.54, 1.807) is 0 Å². The van der Waals surface area contributed by atoms with Crippen LogP contribution in [0.4, 0.5) is 0 Å². The summed E-state index contributed by atoms with van der Waals surface area (Å²) < 4.78 is 8.41. The van der Waals surface area contributed by atoms with Gasteiger partial charge >= 0.3 is 0 Å². The van der Waals surface area contributed by atoms with Gasteiger partial charge in [0, 0.05) is 42.0 Å². The minimum Gasteiger partial charge on any atom is -0.394 e. The van der Waals surface area contributed by atoms with Crippen LogP contribution in [-0.4, -0.2) is 33.6 Å². The van der Waals surface area contributed by atoms with E-state index < -0.39 is 6.10 Å². The summed E-state index contributed by atoms with van der Waals surface area (Å²) in [5.41, 5.74) is 6.12. The van der Waals surface area contributed by atoms with Crippen LogP contribution in [0.1, 0.15) is 55.0 Å². The van der Waals surface area contributed by atoms with Gasteiger partial charge in [-0.1, -0.05) is 49.7 Å². The number of aromatic nitrogens is 1. The standard InChI is InChI=1S/C26H33NO3/c1-17(2)10-19-5-7-20(8-6-19)14-27-15-24(23-11-18(3)4-9-25(23)27)26-13-21(29)12-22(16-28)30-26/h4-9,11,15,17,21-22,26,28-29H,10,12-14,16H2,1-3H3/t21-,22-,26+/m0/s1. The van der Waals surface area contributed by atoms with Gasteiger partial charge in [0.05, 0.1) is 24.9 Å². The molecule has 1 aliphatic rings. The first-order valence-electron chi connectivity index (χ1n) is 11.0. The summed E-state index contributed by atoms with van der Waals surface area (Å²) in [6.45, 7) is 7.32. The molecule has 30 heavy (non-hydrogen) atoms. The summed E-state index contributed by atoms with van der Waals surface area (Å²) in [6, 6.07) is 15.4. The van der Waals surface area contributed by atoms with E-state index in [1.807, 2.05) is 0 Å². The molecule has 0 spiro atoms. The Morgan fingerprint density at radius 1 is 1.07 bits per heavy atom. The lowest BCUT2D eigenvalue weighted by atomic mass is 9.95. The summed E-state index contributed by atoms with van der Waals surface area (Å²) in [6.07, 6.45) is 3.37. The van der Waals surface area contributed by atoms with Gasteiger partial charge in [-0.2, -0.15) is 0 Å². The number of hydrogen-bond donors (Lipinski definition) is 2. The molecule has 0 bridgehead atoms. The summed E-state index contributed by atoms with van der Waals surface area (Å²) in [4.78, 5) is 0. The van der Waals surface area contributed by atoms with Crippen molar-refractivity contribution in [3.05, 3.63) is 70.9 Å². The van der Waals surface area contributed by atoms with Crippen LogP contribution in [0.25, 0.3) is 10.9 Å². The molecule has 4 nitrogen and oxygen atoms in total. The van der Waals surface area contributed by atoms with E-state index in [4.69, 9.17) is 4.74 Å². The molecule has 3 aromatic rings. The monoisotopic (exact) mass is 407 g/mol. The topological polar surface area (TPSA) is 54.6 Å². The minimum absolute atomic E-state index is 0.0616. The first-order valence-corrected chi connectivity index (χ1v) is 11.0. The van der Waals surface area contributed by atoms with Crippen molar-refractivity contribution in [1.29, 1.82) is 0 Å². The maximum atomic E-state index is 10.3. The van der Waals surface area contributed by atoms with Crippen molar-refractivity contribution in [2.75, 3.05) is 6.61 Å². The van der Waals surface area contributed by atoms with Crippen LogP contribution in [0.2, 0.25) is 0 Å². The van der Waals surface area contributed by atoms with Crippen molar-refractivity contribution in [3.63, 3.8) is 0 Å². The molecule has 1 aromatic heterocycles. The quantitative estimate of drug-likeness (QED) is 0.619. The Hall–Kier alpha value is -2.14. The maximum Gasteiger partial charge on any atom is 0.0875 e. The Bertz CT molecular complexity index is 989. The van der Waals surface area contributed by atoms with E-state index in [9.17, 15) is 10.2 Å². The van der Waals surface area contributed by atoms with Crippen molar-refractivity contribution in [2.24, 2.45) is 5.92 Å². The summed E-state index contributed by atoms with van der Waals surface area (Å²) in [5.74, 6) is 0.656. The Kier molecular flexibility index (Phi) is 6.28. The first-order chi connectivity index (χ1) is 14.4. The number of hydrogen-bond acceptors (Lipinski definition) is 3. The maximum absolute atomic E-state index is 10.3. The van der Waals surface area contributed by atoms with Gasteiger partial charge in [0.25, 0.3) is 0 Å². The zero-order valence-electron chi connectivity index (χ0n) is 18.2. The molecular weight excluding hydrogens is 374 g/mol. The fraction of sp³-hybridized carbons (Fsp3) is 0.462. The highest BCUT2D eigenvalue weighted by Crippen LogP contribution is 2.37. The van der Waals surface area contributed by atoms with Crippen LogP contribution in [0.3, 0.4) is 0 Å². The van der Waals surface area contributed by atoms with E-state index >= 15 is 0 Å². The highest BCUT2D eigenvalue weighted by atomic mass is 16.5. The third kappa shape index (κ3) is 4.61. The van der Waals surface area contributed by atoms with Crippen molar-refractivity contribution >= 4 is 10.9 Å². The molecule has 0 radical (unpaired) electrons. The molecule has 0 unspecified atom stereocenters. The Labute approximate surface area is 179 Å². The fourth-order valence-electron chi connectivity index (χ4n) is 4.58. The smallest absolute Gasteiger partial charge is 0.0875 e. The average molecular weight is 408 g/mol. The highest BCUT2D eigenvalue weighted by Gasteiger charge is 2.31. The van der Waals surface area contributed by atoms with E-state index in [1.165, 1.54) is 27.6 Å². The predicted molar refractivity (Wildman–Crippen MR) is 121 cm³/mol. The Morgan fingerprint density at radius 2 is 1.80 bits per heavy atom. The molecule has 1 saturated heterocycles. The van der Waals surface area contributed by atoms with Crippen LogP contribution in [0, 0.1) is 12.8 Å². The molecule has 0 saturated carbocycles. The van der Waals surface area contributed by atoms with E-state index in [0.717, 1.165) is 18.5 Å². The normalized spacial score (nSPS) is 22.1. The average Bonchev–Trinajstić information content (AvgIpc) is 3.06. The zero-order valence-corrected chi connectivity index (χ0v) is 18.2. The van der Waals surface area contributed by atoms with Crippen LogP contribution < -0.4 is 0 Å². The molecule has 0 amide bonds. The second-order valence-corrected chi connectivity index (χ2v) is 9.20. The number of aliphatic hydroxyl groups is 2. The minimum atomic E-state index is -0.447. The van der Waals surface area contributed by atoms with Crippen LogP contribution >= 0.6 is 0 Å². The van der Waals surface area contributed by atoms with E-state index in [0.29, 0.717) is 18.8 Å². The van der Waals surface area contributed by atoms with Crippen molar-refractivity contribution in [3.8, 4) is 0 Å². The number of aliphatic hydroxyl groups excluding tert-OH is 2. The van der Waals surface area contributed by atoms with E-state index in [2.05, 4.69) is 74.0 Å². The Morgan fingerprint density at radius 3 is 2.50 bits per heavy atom.